The molecule has 0 aromatic heterocycles. The fourth-order valence-corrected chi connectivity index (χ4v) is 1.81. The number of aromatic hydroxyl groups is 1. The van der Waals surface area contributed by atoms with Crippen LogP contribution in [0.15, 0.2) is 6.07 Å². The lowest BCUT2D eigenvalue weighted by Crippen LogP contribution is -2.05. The molecular weight excluding hydrogens is 232 g/mol. The maximum atomic E-state index is 11.3. The Hall–Kier alpha value is -0.940. The zero-order valence-electron chi connectivity index (χ0n) is 8.24. The number of carbonyl (C=O) groups is 2. The normalized spacial score (nSPS) is 10.1. The van der Waals surface area contributed by atoms with Crippen LogP contribution in [0.5, 0.6) is 5.75 Å². The highest BCUT2D eigenvalue weighted by atomic mass is 32.1. The molecule has 0 saturated heterocycles. The zero-order valence-corrected chi connectivity index (χ0v) is 10.0. The van der Waals surface area contributed by atoms with Gasteiger partial charge in [-0.1, -0.05) is 0 Å². The minimum atomic E-state index is -0.564. The number of hydrogen-bond acceptors (Lipinski definition) is 3. The van der Waals surface area contributed by atoms with Gasteiger partial charge in [-0.3, -0.25) is 9.59 Å². The van der Waals surface area contributed by atoms with Crippen LogP contribution in [0.4, 0.5) is 0 Å². The molecule has 0 heterocycles. The molecule has 0 radical (unpaired) electrons. The fraction of sp³-hybridized carbons (Fsp3) is 0.200. The lowest BCUT2D eigenvalue weighted by atomic mass is 9.98. The van der Waals surface area contributed by atoms with E-state index in [9.17, 15) is 14.7 Å². The lowest BCUT2D eigenvalue weighted by molar-refractivity contribution is 0.106. The van der Waals surface area contributed by atoms with Gasteiger partial charge in [0.25, 0.3) is 0 Å². The van der Waals surface area contributed by atoms with Crippen LogP contribution in [0.1, 0.15) is 31.8 Å². The van der Waals surface area contributed by atoms with Gasteiger partial charge in [-0.2, -0.15) is 0 Å². The van der Waals surface area contributed by atoms with Crippen molar-refractivity contribution in [2.45, 2.75) is 13.8 Å². The smallest absolute Gasteiger partial charge is 0.217 e. The van der Waals surface area contributed by atoms with Crippen molar-refractivity contribution in [3.05, 3.63) is 28.3 Å². The van der Waals surface area contributed by atoms with E-state index in [0.717, 1.165) is 0 Å². The second kappa shape index (κ2) is 4.28. The van der Waals surface area contributed by atoms with E-state index in [4.69, 9.17) is 0 Å². The van der Waals surface area contributed by atoms with Crippen LogP contribution in [0.3, 0.4) is 0 Å². The minimum Gasteiger partial charge on any atom is -0.508 e. The van der Waals surface area contributed by atoms with Crippen molar-refractivity contribution in [2.75, 3.05) is 0 Å². The number of carbonyl (C=O) groups excluding carboxylic acids is 2. The second-order valence-corrected chi connectivity index (χ2v) is 3.99. The number of thiol groups is 2. The van der Waals surface area contributed by atoms with Crippen molar-refractivity contribution in [3.63, 3.8) is 0 Å². The third-order valence-electron chi connectivity index (χ3n) is 2.32. The molecule has 80 valence electrons. The molecule has 0 bridgehead atoms. The molecule has 1 rings (SSSR count). The molecule has 1 N–H and O–H groups in total. The van der Waals surface area contributed by atoms with Crippen molar-refractivity contribution in [1.29, 1.82) is 0 Å². The first-order chi connectivity index (χ1) is 6.86. The molecule has 15 heavy (non-hydrogen) atoms. The summed E-state index contributed by atoms with van der Waals surface area (Å²) in [6.07, 6.45) is 0. The van der Waals surface area contributed by atoms with Crippen molar-refractivity contribution >= 4 is 35.5 Å². The Bertz CT molecular complexity index is 452. The van der Waals surface area contributed by atoms with Gasteiger partial charge in [-0.05, 0) is 31.0 Å². The average Bonchev–Trinajstić information content (AvgIpc) is 2.12. The molecule has 5 heteroatoms. The summed E-state index contributed by atoms with van der Waals surface area (Å²) < 4.78 is 0. The molecule has 0 spiro atoms. The quantitative estimate of drug-likeness (QED) is 0.696. The summed E-state index contributed by atoms with van der Waals surface area (Å²) >= 11 is 7.34. The molecule has 0 amide bonds. The zero-order chi connectivity index (χ0) is 11.7. The molecular formula is C10H10O3S2. The van der Waals surface area contributed by atoms with Crippen LogP contribution in [-0.2, 0) is 0 Å². The van der Waals surface area contributed by atoms with Gasteiger partial charge in [0.1, 0.15) is 5.75 Å². The topological polar surface area (TPSA) is 54.4 Å². The average molecular weight is 242 g/mol. The van der Waals surface area contributed by atoms with Crippen LogP contribution in [0.25, 0.3) is 0 Å². The van der Waals surface area contributed by atoms with Crippen LogP contribution in [0.2, 0.25) is 0 Å². The Balaban J connectivity index is 3.65. The van der Waals surface area contributed by atoms with Crippen molar-refractivity contribution in [2.24, 2.45) is 0 Å². The maximum absolute atomic E-state index is 11.3. The molecule has 1 aromatic rings. The Morgan fingerprint density at radius 3 is 2.07 bits per heavy atom. The van der Waals surface area contributed by atoms with Gasteiger partial charge >= 0.3 is 0 Å². The van der Waals surface area contributed by atoms with E-state index in [-0.39, 0.29) is 16.9 Å². The largest absolute Gasteiger partial charge is 0.508 e. The van der Waals surface area contributed by atoms with Gasteiger partial charge in [0, 0.05) is 11.1 Å². The SMILES string of the molecule is Cc1c(O)cc(C(=O)S)c(C(=O)S)c1C. The number of phenolic OH excluding ortho intramolecular Hbond substituents is 1. The van der Waals surface area contributed by atoms with E-state index in [1.54, 1.807) is 13.8 Å². The van der Waals surface area contributed by atoms with Crippen LogP contribution in [-0.4, -0.2) is 15.3 Å². The van der Waals surface area contributed by atoms with E-state index < -0.39 is 10.2 Å². The van der Waals surface area contributed by atoms with E-state index in [2.05, 4.69) is 25.3 Å². The highest BCUT2D eigenvalue weighted by molar-refractivity contribution is 7.98. The highest BCUT2D eigenvalue weighted by Gasteiger charge is 2.19. The first kappa shape index (κ1) is 12.1. The number of hydrogen-bond donors (Lipinski definition) is 3. The van der Waals surface area contributed by atoms with Gasteiger partial charge in [-0.25, -0.2) is 0 Å². The standard InChI is InChI=1S/C10H10O3S2/c1-4-5(2)8(10(13)15)6(9(12)14)3-7(4)11/h3,11H,1-2H3,(H,12,14)(H,13,15). The molecule has 0 aliphatic carbocycles. The second-order valence-electron chi connectivity index (χ2n) is 3.18. The summed E-state index contributed by atoms with van der Waals surface area (Å²) in [5, 5.41) is 8.44. The molecule has 0 aliphatic rings. The molecule has 0 unspecified atom stereocenters. The molecule has 3 nitrogen and oxygen atoms in total. The predicted octanol–water partition coefficient (Wildman–Crippen LogP) is 2.15. The van der Waals surface area contributed by atoms with Crippen LogP contribution < -0.4 is 0 Å². The fourth-order valence-electron chi connectivity index (χ4n) is 1.34. The maximum Gasteiger partial charge on any atom is 0.217 e. The van der Waals surface area contributed by atoms with Gasteiger partial charge < -0.3 is 5.11 Å². The van der Waals surface area contributed by atoms with E-state index in [1.807, 2.05) is 0 Å². The molecule has 0 aliphatic heterocycles. The summed E-state index contributed by atoms with van der Waals surface area (Å²) in [5.41, 5.74) is 1.39. The Labute approximate surface area is 98.3 Å². The molecule has 0 saturated carbocycles. The summed E-state index contributed by atoms with van der Waals surface area (Å²) in [7, 11) is 0. The lowest BCUT2D eigenvalue weighted by Gasteiger charge is -2.11. The Morgan fingerprint density at radius 2 is 1.67 bits per heavy atom. The minimum absolute atomic E-state index is 0.0248. The predicted molar refractivity (Wildman–Crippen MR) is 64.2 cm³/mol. The summed E-state index contributed by atoms with van der Waals surface area (Å²) in [6.45, 7) is 3.32. The van der Waals surface area contributed by atoms with Crippen molar-refractivity contribution in [1.82, 2.24) is 0 Å². The third-order valence-corrected chi connectivity index (χ3v) is 2.78. The Morgan fingerprint density at radius 1 is 1.13 bits per heavy atom. The highest BCUT2D eigenvalue weighted by Crippen LogP contribution is 2.28. The van der Waals surface area contributed by atoms with Crippen LogP contribution in [0, 0.1) is 13.8 Å². The van der Waals surface area contributed by atoms with Crippen LogP contribution >= 0.6 is 25.3 Å². The number of phenols is 1. The van der Waals surface area contributed by atoms with E-state index in [0.29, 0.717) is 11.1 Å². The first-order valence-electron chi connectivity index (χ1n) is 4.16. The molecule has 1 aromatic carbocycles. The summed E-state index contributed by atoms with van der Waals surface area (Å²) in [6, 6.07) is 1.24. The molecule has 0 fully saturated rings. The number of rotatable bonds is 2. The Kier molecular flexibility index (Phi) is 3.46. The van der Waals surface area contributed by atoms with Gasteiger partial charge in [0.2, 0.25) is 10.2 Å². The summed E-state index contributed by atoms with van der Waals surface area (Å²) in [5.74, 6) is -0.0248. The van der Waals surface area contributed by atoms with Gasteiger partial charge in [0.05, 0.1) is 0 Å². The number of benzene rings is 1. The molecule has 0 atom stereocenters. The van der Waals surface area contributed by atoms with Crippen molar-refractivity contribution < 1.29 is 14.7 Å². The van der Waals surface area contributed by atoms with Gasteiger partial charge in [0.15, 0.2) is 0 Å². The summed E-state index contributed by atoms with van der Waals surface area (Å²) in [4.78, 5) is 22.4. The van der Waals surface area contributed by atoms with Gasteiger partial charge in [-0.15, -0.1) is 25.3 Å². The first-order valence-corrected chi connectivity index (χ1v) is 5.05. The van der Waals surface area contributed by atoms with E-state index >= 15 is 0 Å². The monoisotopic (exact) mass is 242 g/mol. The van der Waals surface area contributed by atoms with E-state index in [1.165, 1.54) is 6.07 Å². The van der Waals surface area contributed by atoms with Crippen molar-refractivity contribution in [3.8, 4) is 5.75 Å². The third kappa shape index (κ3) is 2.18.